The normalized spacial score (nSPS) is 19.0. The molecular formula is C27H34N2O6. The molecular weight excluding hydrogens is 448 g/mol. The predicted molar refractivity (Wildman–Crippen MR) is 131 cm³/mol. The van der Waals surface area contributed by atoms with Gasteiger partial charge in [-0.2, -0.15) is 0 Å². The highest BCUT2D eigenvalue weighted by Gasteiger charge is 2.44. The molecule has 0 aliphatic carbocycles. The molecule has 0 saturated carbocycles. The summed E-state index contributed by atoms with van der Waals surface area (Å²) in [5.74, 6) is -0.0987. The van der Waals surface area contributed by atoms with Crippen LogP contribution in [0.15, 0.2) is 52.1 Å². The van der Waals surface area contributed by atoms with E-state index in [1.807, 2.05) is 24.3 Å². The van der Waals surface area contributed by atoms with Crippen LogP contribution in [0.3, 0.4) is 0 Å². The molecule has 8 nitrogen and oxygen atoms in total. The molecule has 188 valence electrons. The molecule has 0 spiro atoms. The molecule has 1 aromatic carbocycles. The number of Topliss-reactive ketones (excluding diaryl/α,β-unsaturated/α-hetero) is 1. The number of carbonyl (C=O) groups excluding carboxylic acids is 2. The van der Waals surface area contributed by atoms with Gasteiger partial charge in [0, 0.05) is 26.2 Å². The smallest absolute Gasteiger partial charge is 0.290 e. The summed E-state index contributed by atoms with van der Waals surface area (Å²) in [6, 6.07) is 9.96. The highest BCUT2D eigenvalue weighted by Crippen LogP contribution is 2.39. The highest BCUT2D eigenvalue weighted by atomic mass is 16.5. The number of hydrogen-bond acceptors (Lipinski definition) is 7. The van der Waals surface area contributed by atoms with E-state index in [1.54, 1.807) is 24.0 Å². The van der Waals surface area contributed by atoms with Gasteiger partial charge in [0.2, 0.25) is 5.78 Å². The fraction of sp³-hybridized carbons (Fsp3) is 0.481. The van der Waals surface area contributed by atoms with Gasteiger partial charge in [0.15, 0.2) is 11.5 Å². The zero-order valence-corrected chi connectivity index (χ0v) is 20.5. The van der Waals surface area contributed by atoms with Gasteiger partial charge in [-0.25, -0.2) is 0 Å². The number of aliphatic hydroxyl groups excluding tert-OH is 1. The number of ketones is 1. The average molecular weight is 483 g/mol. The van der Waals surface area contributed by atoms with E-state index in [1.165, 1.54) is 0 Å². The van der Waals surface area contributed by atoms with Gasteiger partial charge in [0.1, 0.15) is 11.5 Å². The van der Waals surface area contributed by atoms with Crippen molar-refractivity contribution in [1.82, 2.24) is 9.80 Å². The molecule has 1 N–H and O–H groups in total. The molecule has 2 aromatic rings. The van der Waals surface area contributed by atoms with Gasteiger partial charge in [-0.15, -0.1) is 0 Å². The number of ether oxygens (including phenoxy) is 2. The van der Waals surface area contributed by atoms with Crippen LogP contribution >= 0.6 is 0 Å². The second kappa shape index (κ2) is 11.6. The monoisotopic (exact) mass is 482 g/mol. The van der Waals surface area contributed by atoms with E-state index >= 15 is 0 Å². The third kappa shape index (κ3) is 5.77. The number of amides is 1. The Labute approximate surface area is 206 Å². The van der Waals surface area contributed by atoms with E-state index in [4.69, 9.17) is 13.9 Å². The summed E-state index contributed by atoms with van der Waals surface area (Å²) < 4.78 is 16.7. The van der Waals surface area contributed by atoms with Gasteiger partial charge < -0.3 is 23.9 Å². The van der Waals surface area contributed by atoms with E-state index in [-0.39, 0.29) is 11.3 Å². The predicted octanol–water partition coefficient (Wildman–Crippen LogP) is 4.07. The highest BCUT2D eigenvalue weighted by molar-refractivity contribution is 6.15. The maximum Gasteiger partial charge on any atom is 0.290 e. The zero-order valence-electron chi connectivity index (χ0n) is 20.5. The van der Waals surface area contributed by atoms with E-state index in [9.17, 15) is 14.7 Å². The lowest BCUT2D eigenvalue weighted by Crippen LogP contribution is -2.39. The van der Waals surface area contributed by atoms with Crippen LogP contribution in [-0.4, -0.2) is 72.6 Å². The van der Waals surface area contributed by atoms with Crippen molar-refractivity contribution in [2.75, 3.05) is 46.0 Å². The van der Waals surface area contributed by atoms with E-state index in [0.29, 0.717) is 32.1 Å². The standard InChI is InChI=1S/C27H34N2O6/c1-3-4-16-34-21-9-7-20(8-10-21)24-23(25(30)22-11-6-19(2)35-22)26(31)27(32)29(24)13-5-12-28-14-17-33-18-15-28/h6-11,24,31H,3-5,12-18H2,1-2H3/t24-/m0/s1. The molecule has 2 aliphatic rings. The van der Waals surface area contributed by atoms with Crippen molar-refractivity contribution in [3.8, 4) is 5.75 Å². The van der Waals surface area contributed by atoms with Gasteiger partial charge in [-0.3, -0.25) is 14.5 Å². The van der Waals surface area contributed by atoms with Crippen molar-refractivity contribution < 1.29 is 28.6 Å². The molecule has 35 heavy (non-hydrogen) atoms. The molecule has 1 fully saturated rings. The fourth-order valence-electron chi connectivity index (χ4n) is 4.52. The molecule has 1 amide bonds. The van der Waals surface area contributed by atoms with Crippen molar-refractivity contribution in [3.63, 3.8) is 0 Å². The lowest BCUT2D eigenvalue weighted by Gasteiger charge is -2.30. The Morgan fingerprint density at radius 3 is 2.49 bits per heavy atom. The number of carbonyl (C=O) groups is 2. The van der Waals surface area contributed by atoms with Crippen molar-refractivity contribution >= 4 is 11.7 Å². The second-order valence-corrected chi connectivity index (χ2v) is 8.98. The number of aliphatic hydroxyl groups is 1. The number of morpholine rings is 1. The summed E-state index contributed by atoms with van der Waals surface area (Å²) in [4.78, 5) is 30.4. The number of hydrogen-bond donors (Lipinski definition) is 1. The lowest BCUT2D eigenvalue weighted by atomic mass is 9.95. The van der Waals surface area contributed by atoms with Gasteiger partial charge in [-0.1, -0.05) is 25.5 Å². The van der Waals surface area contributed by atoms with Crippen molar-refractivity contribution in [1.29, 1.82) is 0 Å². The quantitative estimate of drug-likeness (QED) is 0.381. The Bertz CT molecular complexity index is 1050. The molecule has 2 aliphatic heterocycles. The minimum absolute atomic E-state index is 0.0513. The summed E-state index contributed by atoms with van der Waals surface area (Å²) in [7, 11) is 0. The maximum absolute atomic E-state index is 13.4. The molecule has 1 saturated heterocycles. The molecule has 1 atom stereocenters. The van der Waals surface area contributed by atoms with E-state index in [0.717, 1.165) is 50.2 Å². The van der Waals surface area contributed by atoms with Crippen LogP contribution in [0.5, 0.6) is 5.75 Å². The summed E-state index contributed by atoms with van der Waals surface area (Å²) >= 11 is 0. The van der Waals surface area contributed by atoms with Crippen molar-refractivity contribution in [2.24, 2.45) is 0 Å². The lowest BCUT2D eigenvalue weighted by molar-refractivity contribution is -0.129. The molecule has 3 heterocycles. The maximum atomic E-state index is 13.4. The number of rotatable bonds is 11. The number of unbranched alkanes of at least 4 members (excludes halogenated alkanes) is 1. The third-order valence-electron chi connectivity index (χ3n) is 6.45. The minimum Gasteiger partial charge on any atom is -0.503 e. The van der Waals surface area contributed by atoms with Gasteiger partial charge >= 0.3 is 0 Å². The number of aryl methyl sites for hydroxylation is 1. The molecule has 4 rings (SSSR count). The first-order valence-corrected chi connectivity index (χ1v) is 12.4. The first kappa shape index (κ1) is 25.0. The Morgan fingerprint density at radius 1 is 1.09 bits per heavy atom. The summed E-state index contributed by atoms with van der Waals surface area (Å²) in [6.45, 7) is 8.85. The summed E-state index contributed by atoms with van der Waals surface area (Å²) in [6.07, 6.45) is 2.73. The first-order chi connectivity index (χ1) is 17.0. The van der Waals surface area contributed by atoms with Crippen LogP contribution in [0.25, 0.3) is 0 Å². The van der Waals surface area contributed by atoms with E-state index in [2.05, 4.69) is 11.8 Å². The number of nitrogens with zero attached hydrogens (tertiary/aromatic N) is 2. The van der Waals surface area contributed by atoms with Crippen molar-refractivity contribution in [2.45, 2.75) is 39.2 Å². The van der Waals surface area contributed by atoms with Gasteiger partial charge in [0.25, 0.3) is 5.91 Å². The molecule has 8 heteroatoms. The molecule has 0 radical (unpaired) electrons. The van der Waals surface area contributed by atoms with Crippen molar-refractivity contribution in [3.05, 3.63) is 64.8 Å². The van der Waals surface area contributed by atoms with Crippen LogP contribution in [0, 0.1) is 6.92 Å². The van der Waals surface area contributed by atoms with Gasteiger partial charge in [-0.05, 0) is 49.6 Å². The van der Waals surface area contributed by atoms with Gasteiger partial charge in [0.05, 0.1) is 31.4 Å². The van der Waals surface area contributed by atoms with Crippen LogP contribution in [-0.2, 0) is 9.53 Å². The fourth-order valence-corrected chi connectivity index (χ4v) is 4.52. The largest absolute Gasteiger partial charge is 0.503 e. The Hall–Kier alpha value is -3.10. The molecule has 1 aromatic heterocycles. The Kier molecular flexibility index (Phi) is 8.25. The zero-order chi connectivity index (χ0) is 24.8. The van der Waals surface area contributed by atoms with Crippen LogP contribution in [0.1, 0.15) is 54.1 Å². The number of benzene rings is 1. The topological polar surface area (TPSA) is 92.5 Å². The SMILES string of the molecule is CCCCOc1ccc([C@H]2C(C(=O)c3ccc(C)o3)=C(O)C(=O)N2CCCN2CCOCC2)cc1. The molecule has 0 bridgehead atoms. The number of furan rings is 1. The third-order valence-corrected chi connectivity index (χ3v) is 6.45. The Morgan fingerprint density at radius 2 is 1.83 bits per heavy atom. The van der Waals surface area contributed by atoms with Crippen LogP contribution in [0.2, 0.25) is 0 Å². The Balaban J connectivity index is 1.57. The first-order valence-electron chi connectivity index (χ1n) is 12.4. The second-order valence-electron chi connectivity index (χ2n) is 8.98. The average Bonchev–Trinajstić information content (AvgIpc) is 3.41. The van der Waals surface area contributed by atoms with Crippen LogP contribution in [0.4, 0.5) is 0 Å². The summed E-state index contributed by atoms with van der Waals surface area (Å²) in [5, 5.41) is 10.8. The summed E-state index contributed by atoms with van der Waals surface area (Å²) in [5.41, 5.74) is 0.790. The van der Waals surface area contributed by atoms with E-state index < -0.39 is 23.5 Å². The minimum atomic E-state index is -0.699. The molecule has 0 unspecified atom stereocenters. The van der Waals surface area contributed by atoms with Crippen LogP contribution < -0.4 is 4.74 Å².